The lowest BCUT2D eigenvalue weighted by molar-refractivity contribution is -0.142. The van der Waals surface area contributed by atoms with Crippen LogP contribution in [0.15, 0.2) is 78.9 Å². The third kappa shape index (κ3) is 7.83. The normalized spacial score (nSPS) is 11.5. The predicted octanol–water partition coefficient (Wildman–Crippen LogP) is 4.98. The number of benzene rings is 3. The van der Waals surface area contributed by atoms with Gasteiger partial charge in [0.15, 0.2) is 6.61 Å². The van der Waals surface area contributed by atoms with Crippen LogP contribution in [0.4, 0.5) is 4.39 Å². The molecule has 0 aliphatic carbocycles. The molecule has 1 N–H and O–H groups in total. The largest absolute Gasteiger partial charge is 0.484 e. The van der Waals surface area contributed by atoms with E-state index in [1.807, 2.05) is 49.4 Å². The summed E-state index contributed by atoms with van der Waals surface area (Å²) in [5.41, 5.74) is 1.67. The first-order chi connectivity index (χ1) is 16.5. The fourth-order valence-electron chi connectivity index (χ4n) is 3.47. The lowest BCUT2D eigenvalue weighted by atomic mass is 10.0. The summed E-state index contributed by atoms with van der Waals surface area (Å²) in [4.78, 5) is 28.1. The molecule has 0 spiro atoms. The molecule has 0 aliphatic rings. The molecule has 0 heterocycles. The quantitative estimate of drug-likeness (QED) is 0.329. The summed E-state index contributed by atoms with van der Waals surface area (Å²) in [6.45, 7) is 2.44. The highest BCUT2D eigenvalue weighted by Gasteiger charge is 2.30. The van der Waals surface area contributed by atoms with E-state index in [4.69, 9.17) is 4.74 Å². The van der Waals surface area contributed by atoms with Crippen molar-refractivity contribution in [1.29, 1.82) is 0 Å². The van der Waals surface area contributed by atoms with Crippen LogP contribution in [0.1, 0.15) is 24.5 Å². The molecule has 1 atom stereocenters. The Balaban J connectivity index is 1.87. The summed E-state index contributed by atoms with van der Waals surface area (Å²) in [5, 5.41) is 2.93. The molecular formula is C27H28FIN2O3. The zero-order valence-corrected chi connectivity index (χ0v) is 21.2. The van der Waals surface area contributed by atoms with Gasteiger partial charge in [0.1, 0.15) is 17.6 Å². The summed E-state index contributed by atoms with van der Waals surface area (Å²) >= 11 is 2.20. The lowest BCUT2D eigenvalue weighted by Gasteiger charge is -2.31. The summed E-state index contributed by atoms with van der Waals surface area (Å²) in [6.07, 6.45) is 1.14. The first kappa shape index (κ1) is 25.7. The number of nitrogens with zero attached hydrogens (tertiary/aromatic N) is 1. The van der Waals surface area contributed by atoms with E-state index in [2.05, 4.69) is 27.9 Å². The van der Waals surface area contributed by atoms with Gasteiger partial charge in [-0.25, -0.2) is 4.39 Å². The molecule has 5 nitrogen and oxygen atoms in total. The summed E-state index contributed by atoms with van der Waals surface area (Å²) < 4.78 is 20.3. The number of hydrogen-bond donors (Lipinski definition) is 1. The van der Waals surface area contributed by atoms with E-state index in [0.29, 0.717) is 18.7 Å². The highest BCUT2D eigenvalue weighted by molar-refractivity contribution is 14.1. The molecule has 7 heteroatoms. The summed E-state index contributed by atoms with van der Waals surface area (Å²) in [7, 11) is 0. The molecule has 0 aromatic heterocycles. The van der Waals surface area contributed by atoms with Crippen molar-refractivity contribution in [3.05, 3.63) is 99.4 Å². The third-order valence-electron chi connectivity index (χ3n) is 5.26. The van der Waals surface area contributed by atoms with Gasteiger partial charge in [-0.15, -0.1) is 0 Å². The average Bonchev–Trinajstić information content (AvgIpc) is 2.86. The fourth-order valence-corrected chi connectivity index (χ4v) is 3.82. The molecule has 0 bridgehead atoms. The summed E-state index contributed by atoms with van der Waals surface area (Å²) in [6, 6.07) is 22.2. The number of carbonyl (C=O) groups excluding carboxylic acids is 2. The molecule has 3 rings (SSSR count). The Hall–Kier alpha value is -2.94. The second-order valence-electron chi connectivity index (χ2n) is 7.89. The Kier molecular flexibility index (Phi) is 9.88. The lowest BCUT2D eigenvalue weighted by Crippen LogP contribution is -2.51. The number of ether oxygens (including phenoxy) is 1. The van der Waals surface area contributed by atoms with Gasteiger partial charge in [-0.3, -0.25) is 9.59 Å². The molecule has 3 aromatic carbocycles. The monoisotopic (exact) mass is 574 g/mol. The zero-order chi connectivity index (χ0) is 24.3. The molecular weight excluding hydrogens is 546 g/mol. The van der Waals surface area contributed by atoms with Gasteiger partial charge in [-0.2, -0.15) is 0 Å². The van der Waals surface area contributed by atoms with Crippen LogP contribution in [0, 0.1) is 9.39 Å². The molecule has 0 saturated carbocycles. The highest BCUT2D eigenvalue weighted by atomic mass is 127. The van der Waals surface area contributed by atoms with Crippen LogP contribution >= 0.6 is 22.6 Å². The second-order valence-corrected chi connectivity index (χ2v) is 9.13. The number of nitrogens with one attached hydrogen (secondary N) is 1. The Bertz CT molecular complexity index is 1060. The van der Waals surface area contributed by atoms with Crippen molar-refractivity contribution in [2.24, 2.45) is 0 Å². The minimum absolute atomic E-state index is 0.159. The summed E-state index contributed by atoms with van der Waals surface area (Å²) in [5.74, 6) is -0.332. The fraction of sp³-hybridized carbons (Fsp3) is 0.259. The topological polar surface area (TPSA) is 58.6 Å². The zero-order valence-electron chi connectivity index (χ0n) is 19.0. The molecule has 0 aliphatic heterocycles. The smallest absolute Gasteiger partial charge is 0.261 e. The van der Waals surface area contributed by atoms with Crippen LogP contribution in [0.5, 0.6) is 5.75 Å². The van der Waals surface area contributed by atoms with Gasteiger partial charge in [0.05, 0.1) is 0 Å². The van der Waals surface area contributed by atoms with Crippen LogP contribution in [-0.2, 0) is 22.6 Å². The maximum absolute atomic E-state index is 13.5. The maximum Gasteiger partial charge on any atom is 0.261 e. The molecule has 3 aromatic rings. The van der Waals surface area contributed by atoms with E-state index < -0.39 is 6.04 Å². The number of carbonyl (C=O) groups is 2. The van der Waals surface area contributed by atoms with Gasteiger partial charge in [0.25, 0.3) is 5.91 Å². The van der Waals surface area contributed by atoms with E-state index >= 15 is 0 Å². The predicted molar refractivity (Wildman–Crippen MR) is 139 cm³/mol. The molecule has 2 amide bonds. The van der Waals surface area contributed by atoms with Crippen LogP contribution in [-0.4, -0.2) is 35.9 Å². The SMILES string of the molecule is CCCNC(=O)C(Cc1ccccc1)N(Cc1ccc(F)cc1)C(=O)COc1ccc(I)cc1. The Morgan fingerprint density at radius 1 is 0.971 bits per heavy atom. The standard InChI is InChI=1S/C27H28FIN2O3/c1-2-16-30-27(33)25(17-20-6-4-3-5-7-20)31(18-21-8-10-22(28)11-9-21)26(32)19-34-24-14-12-23(29)13-15-24/h3-15,25H,2,16-19H2,1H3,(H,30,33). The van der Waals surface area contributed by atoms with Gasteiger partial charge < -0.3 is 15.0 Å². The molecule has 34 heavy (non-hydrogen) atoms. The molecule has 178 valence electrons. The van der Waals surface area contributed by atoms with E-state index in [0.717, 1.165) is 21.1 Å². The third-order valence-corrected chi connectivity index (χ3v) is 5.98. The number of rotatable bonds is 11. The van der Waals surface area contributed by atoms with Gasteiger partial charge >= 0.3 is 0 Å². The number of hydrogen-bond acceptors (Lipinski definition) is 3. The van der Waals surface area contributed by atoms with Crippen LogP contribution in [0.3, 0.4) is 0 Å². The van der Waals surface area contributed by atoms with Crippen molar-refractivity contribution in [2.45, 2.75) is 32.4 Å². The van der Waals surface area contributed by atoms with E-state index in [1.165, 1.54) is 17.0 Å². The average molecular weight is 574 g/mol. The maximum atomic E-state index is 13.5. The van der Waals surface area contributed by atoms with E-state index in [9.17, 15) is 14.0 Å². The van der Waals surface area contributed by atoms with Crippen molar-refractivity contribution >= 4 is 34.4 Å². The van der Waals surface area contributed by atoms with Crippen LogP contribution in [0.2, 0.25) is 0 Å². The van der Waals surface area contributed by atoms with Crippen molar-refractivity contribution in [1.82, 2.24) is 10.2 Å². The minimum Gasteiger partial charge on any atom is -0.484 e. The van der Waals surface area contributed by atoms with Crippen LogP contribution in [0.25, 0.3) is 0 Å². The molecule has 0 fully saturated rings. The second kappa shape index (κ2) is 13.1. The minimum atomic E-state index is -0.744. The first-order valence-electron chi connectivity index (χ1n) is 11.2. The van der Waals surface area contributed by atoms with E-state index in [-0.39, 0.29) is 30.8 Å². The van der Waals surface area contributed by atoms with Crippen molar-refractivity contribution < 1.29 is 18.7 Å². The van der Waals surface area contributed by atoms with Crippen molar-refractivity contribution in [3.63, 3.8) is 0 Å². The molecule has 0 radical (unpaired) electrons. The van der Waals surface area contributed by atoms with Crippen molar-refractivity contribution in [3.8, 4) is 5.75 Å². The Morgan fingerprint density at radius 3 is 2.29 bits per heavy atom. The van der Waals surface area contributed by atoms with E-state index in [1.54, 1.807) is 24.3 Å². The van der Waals surface area contributed by atoms with Gasteiger partial charge in [0.2, 0.25) is 5.91 Å². The first-order valence-corrected chi connectivity index (χ1v) is 12.3. The van der Waals surface area contributed by atoms with Crippen molar-refractivity contribution in [2.75, 3.05) is 13.2 Å². The van der Waals surface area contributed by atoms with Gasteiger partial charge in [0, 0.05) is 23.1 Å². The number of amides is 2. The van der Waals surface area contributed by atoms with Gasteiger partial charge in [-0.05, 0) is 76.5 Å². The van der Waals surface area contributed by atoms with Crippen LogP contribution < -0.4 is 10.1 Å². The Morgan fingerprint density at radius 2 is 1.65 bits per heavy atom. The Labute approximate surface area is 213 Å². The molecule has 0 saturated heterocycles. The number of halogens is 2. The van der Waals surface area contributed by atoms with Gasteiger partial charge in [-0.1, -0.05) is 49.4 Å². The molecule has 1 unspecified atom stereocenters. The highest BCUT2D eigenvalue weighted by Crippen LogP contribution is 2.17.